The zero-order chi connectivity index (χ0) is 28.7. The Morgan fingerprint density at radius 1 is 0.850 bits per heavy atom. The average molecular weight is 555 g/mol. The fourth-order valence-corrected chi connectivity index (χ4v) is 4.44. The molecule has 1 fully saturated rings. The molecule has 216 valence electrons. The van der Waals surface area contributed by atoms with Gasteiger partial charge in [-0.05, 0) is 29.7 Å². The molecule has 0 aliphatic carbocycles. The minimum atomic E-state index is -0.510. The van der Waals surface area contributed by atoms with E-state index in [4.69, 9.17) is 18.9 Å². The van der Waals surface area contributed by atoms with Crippen LogP contribution in [-0.2, 0) is 46.4 Å². The van der Waals surface area contributed by atoms with Gasteiger partial charge in [0.15, 0.2) is 5.78 Å². The lowest BCUT2D eigenvalue weighted by molar-refractivity contribution is -0.151. The standard InChI is InChI=1S/C30H38N2O8/c1-37-22-30(36)40-21-25-18-32(28(34)9-6-10-29(35)39-20-24-7-4-3-5-8-24)16-15-31(25)19-26(33)17-23-11-13-27(38-2)14-12-23/h3-5,7-8,11-14,25H,6,9-10,15-22H2,1-2H3. The summed E-state index contributed by atoms with van der Waals surface area (Å²) in [6.07, 6.45) is 0.990. The number of carbonyl (C=O) groups excluding carboxylic acids is 4. The third-order valence-corrected chi connectivity index (χ3v) is 6.61. The molecular formula is C30H38N2O8. The van der Waals surface area contributed by atoms with E-state index < -0.39 is 5.97 Å². The number of hydrogen-bond donors (Lipinski definition) is 0. The Morgan fingerprint density at radius 2 is 1.60 bits per heavy atom. The van der Waals surface area contributed by atoms with Crippen LogP contribution in [0.2, 0.25) is 0 Å². The van der Waals surface area contributed by atoms with Crippen LogP contribution in [0.25, 0.3) is 0 Å². The SMILES string of the molecule is COCC(=O)OCC1CN(C(=O)CCCC(=O)OCc2ccccc2)CCN1CC(=O)Cc1ccc(OC)cc1. The first-order valence-corrected chi connectivity index (χ1v) is 13.4. The van der Waals surface area contributed by atoms with E-state index in [2.05, 4.69) is 0 Å². The molecule has 1 unspecified atom stereocenters. The first-order chi connectivity index (χ1) is 19.4. The second-order valence-corrected chi connectivity index (χ2v) is 9.64. The second-order valence-electron chi connectivity index (χ2n) is 9.64. The number of amides is 1. The molecule has 1 aliphatic heterocycles. The number of carbonyl (C=O) groups is 4. The van der Waals surface area contributed by atoms with Gasteiger partial charge in [-0.2, -0.15) is 0 Å². The number of nitrogens with zero attached hydrogens (tertiary/aromatic N) is 2. The van der Waals surface area contributed by atoms with Gasteiger partial charge in [0.25, 0.3) is 0 Å². The van der Waals surface area contributed by atoms with Gasteiger partial charge in [0.1, 0.15) is 25.6 Å². The Kier molecular flexibility index (Phi) is 12.6. The van der Waals surface area contributed by atoms with Crippen LogP contribution < -0.4 is 4.74 Å². The van der Waals surface area contributed by atoms with E-state index in [1.807, 2.05) is 59.5 Å². The van der Waals surface area contributed by atoms with Crippen molar-refractivity contribution in [2.24, 2.45) is 0 Å². The van der Waals surface area contributed by atoms with Gasteiger partial charge >= 0.3 is 11.9 Å². The number of piperazine rings is 1. The van der Waals surface area contributed by atoms with Crippen LogP contribution in [0.5, 0.6) is 5.75 Å². The third kappa shape index (κ3) is 10.4. The number of ether oxygens (including phenoxy) is 4. The number of methoxy groups -OCH3 is 2. The van der Waals surface area contributed by atoms with Crippen LogP contribution in [-0.4, -0.2) is 93.1 Å². The Balaban J connectivity index is 1.49. The summed E-state index contributed by atoms with van der Waals surface area (Å²) in [4.78, 5) is 53.4. The highest BCUT2D eigenvalue weighted by Gasteiger charge is 2.31. The highest BCUT2D eigenvalue weighted by Crippen LogP contribution is 2.16. The molecule has 0 radical (unpaired) electrons. The maximum absolute atomic E-state index is 12.9. The predicted molar refractivity (Wildman–Crippen MR) is 147 cm³/mol. The number of hydrogen-bond acceptors (Lipinski definition) is 9. The van der Waals surface area contributed by atoms with E-state index in [1.54, 1.807) is 12.0 Å². The summed E-state index contributed by atoms with van der Waals surface area (Å²) in [5.74, 6) is -0.205. The Bertz CT molecular complexity index is 1110. The summed E-state index contributed by atoms with van der Waals surface area (Å²) in [5, 5.41) is 0. The molecule has 1 atom stereocenters. The van der Waals surface area contributed by atoms with E-state index in [9.17, 15) is 19.2 Å². The minimum Gasteiger partial charge on any atom is -0.497 e. The molecular weight excluding hydrogens is 516 g/mol. The molecule has 10 nitrogen and oxygen atoms in total. The van der Waals surface area contributed by atoms with Crippen LogP contribution in [0, 0.1) is 0 Å². The lowest BCUT2D eigenvalue weighted by Gasteiger charge is -2.40. The van der Waals surface area contributed by atoms with Crippen LogP contribution in [0.15, 0.2) is 54.6 Å². The van der Waals surface area contributed by atoms with Crippen LogP contribution >= 0.6 is 0 Å². The zero-order valence-corrected chi connectivity index (χ0v) is 23.2. The monoisotopic (exact) mass is 554 g/mol. The minimum absolute atomic E-state index is 0.0205. The third-order valence-electron chi connectivity index (χ3n) is 6.61. The normalized spacial score (nSPS) is 15.3. The Hall–Kier alpha value is -3.76. The summed E-state index contributed by atoms with van der Waals surface area (Å²) >= 11 is 0. The van der Waals surface area contributed by atoms with Crippen molar-refractivity contribution in [1.82, 2.24) is 9.80 Å². The quantitative estimate of drug-likeness (QED) is 0.307. The smallest absolute Gasteiger partial charge is 0.332 e. The molecule has 10 heteroatoms. The fourth-order valence-electron chi connectivity index (χ4n) is 4.44. The van der Waals surface area contributed by atoms with E-state index in [1.165, 1.54) is 7.11 Å². The Labute approximate surface area is 235 Å². The molecule has 1 heterocycles. The molecule has 3 rings (SSSR count). The van der Waals surface area contributed by atoms with Gasteiger partial charge in [0.2, 0.25) is 5.91 Å². The summed E-state index contributed by atoms with van der Waals surface area (Å²) in [6.45, 7) is 1.46. The average Bonchev–Trinajstić information content (AvgIpc) is 2.96. The topological polar surface area (TPSA) is 112 Å². The van der Waals surface area contributed by atoms with Crippen LogP contribution in [0.1, 0.15) is 30.4 Å². The van der Waals surface area contributed by atoms with Crippen molar-refractivity contribution in [3.63, 3.8) is 0 Å². The van der Waals surface area contributed by atoms with Gasteiger partial charge in [-0.3, -0.25) is 19.3 Å². The van der Waals surface area contributed by atoms with Crippen molar-refractivity contribution in [2.45, 2.75) is 38.3 Å². The van der Waals surface area contributed by atoms with Crippen LogP contribution in [0.4, 0.5) is 0 Å². The highest BCUT2D eigenvalue weighted by molar-refractivity contribution is 5.83. The Morgan fingerprint density at radius 3 is 2.30 bits per heavy atom. The van der Waals surface area contributed by atoms with E-state index in [-0.39, 0.29) is 69.3 Å². The molecule has 2 aromatic carbocycles. The van der Waals surface area contributed by atoms with Crippen molar-refractivity contribution in [2.75, 3.05) is 53.6 Å². The lowest BCUT2D eigenvalue weighted by Crippen LogP contribution is -2.57. The molecule has 1 amide bonds. The van der Waals surface area contributed by atoms with Crippen molar-refractivity contribution in [1.29, 1.82) is 0 Å². The van der Waals surface area contributed by atoms with E-state index >= 15 is 0 Å². The fraction of sp³-hybridized carbons (Fsp3) is 0.467. The molecule has 0 bridgehead atoms. The summed E-state index contributed by atoms with van der Waals surface area (Å²) in [6, 6.07) is 16.4. The van der Waals surface area contributed by atoms with E-state index in [0.717, 1.165) is 16.9 Å². The largest absolute Gasteiger partial charge is 0.497 e. The molecule has 1 saturated heterocycles. The van der Waals surface area contributed by atoms with Gasteiger partial charge < -0.3 is 23.8 Å². The predicted octanol–water partition coefficient (Wildman–Crippen LogP) is 2.42. The molecule has 1 aliphatic rings. The lowest BCUT2D eigenvalue weighted by atomic mass is 10.1. The van der Waals surface area contributed by atoms with Gasteiger partial charge in [0.05, 0.1) is 19.7 Å². The first-order valence-electron chi connectivity index (χ1n) is 13.4. The molecule has 0 aromatic heterocycles. The highest BCUT2D eigenvalue weighted by atomic mass is 16.6. The first kappa shape index (κ1) is 30.8. The number of ketones is 1. The second kappa shape index (κ2) is 16.4. The van der Waals surface area contributed by atoms with Crippen molar-refractivity contribution < 1.29 is 38.1 Å². The summed E-state index contributed by atoms with van der Waals surface area (Å²) < 4.78 is 20.6. The number of benzene rings is 2. The van der Waals surface area contributed by atoms with Crippen molar-refractivity contribution in [3.8, 4) is 5.75 Å². The van der Waals surface area contributed by atoms with Gasteiger partial charge in [-0.25, -0.2) is 4.79 Å². The summed E-state index contributed by atoms with van der Waals surface area (Å²) in [5.41, 5.74) is 1.79. The molecule has 0 N–H and O–H groups in total. The summed E-state index contributed by atoms with van der Waals surface area (Å²) in [7, 11) is 3.00. The maximum Gasteiger partial charge on any atom is 0.332 e. The number of Topliss-reactive ketones (excluding diaryl/α,β-unsaturated/α-hetero) is 1. The van der Waals surface area contributed by atoms with Crippen molar-refractivity contribution in [3.05, 3.63) is 65.7 Å². The van der Waals surface area contributed by atoms with Crippen molar-refractivity contribution >= 4 is 23.6 Å². The maximum atomic E-state index is 12.9. The van der Waals surface area contributed by atoms with E-state index in [0.29, 0.717) is 26.1 Å². The number of rotatable bonds is 15. The molecule has 0 spiro atoms. The number of esters is 2. The van der Waals surface area contributed by atoms with Crippen LogP contribution in [0.3, 0.4) is 0 Å². The zero-order valence-electron chi connectivity index (χ0n) is 23.2. The van der Waals surface area contributed by atoms with Gasteiger partial charge in [-0.1, -0.05) is 42.5 Å². The molecule has 0 saturated carbocycles. The molecule has 2 aromatic rings. The van der Waals surface area contributed by atoms with Gasteiger partial charge in [-0.15, -0.1) is 0 Å². The molecule has 40 heavy (non-hydrogen) atoms. The van der Waals surface area contributed by atoms with Gasteiger partial charge in [0, 0.05) is 46.0 Å².